The van der Waals surface area contributed by atoms with Gasteiger partial charge in [-0.3, -0.25) is 4.79 Å². The van der Waals surface area contributed by atoms with Gasteiger partial charge in [-0.1, -0.05) is 12.8 Å². The molecule has 0 aromatic heterocycles. The molecule has 5 heteroatoms. The summed E-state index contributed by atoms with van der Waals surface area (Å²) < 4.78 is 4.92. The first-order chi connectivity index (χ1) is 6.60. The van der Waals surface area contributed by atoms with E-state index >= 15 is 0 Å². The number of nitrogens with two attached hydrogens (primary N) is 1. The molecule has 1 fully saturated rings. The van der Waals surface area contributed by atoms with Gasteiger partial charge in [0.1, 0.15) is 0 Å². The summed E-state index contributed by atoms with van der Waals surface area (Å²) in [5.41, 5.74) is 5.45. The maximum absolute atomic E-state index is 11.9. The second kappa shape index (κ2) is 6.30. The SMILES string of the molecule is COCCN(C)C(=O)C1(N)CCCC1.Cl. The standard InChI is InChI=1S/C10H20N2O2.ClH/c1-12(7-8-14-2)9(13)10(11)5-3-4-6-10;/h3-8,11H2,1-2H3;1H. The molecule has 1 aliphatic carbocycles. The van der Waals surface area contributed by atoms with E-state index in [0.29, 0.717) is 13.2 Å². The Kier molecular flexibility index (Phi) is 6.17. The third kappa shape index (κ3) is 3.63. The normalized spacial score (nSPS) is 18.3. The van der Waals surface area contributed by atoms with E-state index < -0.39 is 5.54 Å². The molecule has 0 bridgehead atoms. The molecule has 0 radical (unpaired) electrons. The molecule has 1 rings (SSSR count). The molecule has 0 aromatic carbocycles. The van der Waals surface area contributed by atoms with Crippen LogP contribution in [0.25, 0.3) is 0 Å². The van der Waals surface area contributed by atoms with E-state index in [0.717, 1.165) is 25.7 Å². The number of likely N-dealkylation sites (N-methyl/N-ethyl adjacent to an activating group) is 1. The molecule has 0 atom stereocenters. The van der Waals surface area contributed by atoms with Crippen LogP contribution in [-0.4, -0.2) is 43.7 Å². The van der Waals surface area contributed by atoms with Crippen LogP contribution in [-0.2, 0) is 9.53 Å². The van der Waals surface area contributed by atoms with Gasteiger partial charge in [0, 0.05) is 20.7 Å². The molecule has 1 saturated carbocycles. The number of hydrogen-bond acceptors (Lipinski definition) is 3. The molecule has 2 N–H and O–H groups in total. The lowest BCUT2D eigenvalue weighted by Gasteiger charge is -2.28. The van der Waals surface area contributed by atoms with Gasteiger partial charge in [0.2, 0.25) is 5.91 Å². The van der Waals surface area contributed by atoms with Crippen molar-refractivity contribution in [3.05, 3.63) is 0 Å². The Hall–Kier alpha value is -0.320. The zero-order valence-corrected chi connectivity index (χ0v) is 10.3. The Balaban J connectivity index is 0.00000196. The van der Waals surface area contributed by atoms with Crippen LogP contribution in [0.15, 0.2) is 0 Å². The van der Waals surface area contributed by atoms with E-state index in [9.17, 15) is 4.79 Å². The number of methoxy groups -OCH3 is 1. The number of ether oxygens (including phenoxy) is 1. The molecule has 0 aromatic rings. The van der Waals surface area contributed by atoms with E-state index in [4.69, 9.17) is 10.5 Å². The zero-order chi connectivity index (χ0) is 10.6. The summed E-state index contributed by atoms with van der Waals surface area (Å²) in [5, 5.41) is 0. The van der Waals surface area contributed by atoms with E-state index in [1.54, 1.807) is 19.1 Å². The van der Waals surface area contributed by atoms with Gasteiger partial charge in [0.05, 0.1) is 12.1 Å². The van der Waals surface area contributed by atoms with Gasteiger partial charge < -0.3 is 15.4 Å². The number of halogens is 1. The van der Waals surface area contributed by atoms with Crippen molar-refractivity contribution in [2.75, 3.05) is 27.3 Å². The summed E-state index contributed by atoms with van der Waals surface area (Å²) in [4.78, 5) is 13.6. The molecule has 0 aliphatic heterocycles. The van der Waals surface area contributed by atoms with Crippen molar-refractivity contribution in [2.24, 2.45) is 5.73 Å². The lowest BCUT2D eigenvalue weighted by molar-refractivity contribution is -0.136. The molecule has 4 nitrogen and oxygen atoms in total. The van der Waals surface area contributed by atoms with Gasteiger partial charge in [-0.15, -0.1) is 12.4 Å². The highest BCUT2D eigenvalue weighted by molar-refractivity contribution is 5.86. The van der Waals surface area contributed by atoms with Gasteiger partial charge in [-0.2, -0.15) is 0 Å². The molecule has 90 valence electrons. The van der Waals surface area contributed by atoms with Crippen LogP contribution in [0, 0.1) is 0 Å². The van der Waals surface area contributed by atoms with Gasteiger partial charge in [0.15, 0.2) is 0 Å². The van der Waals surface area contributed by atoms with Crippen molar-refractivity contribution in [1.29, 1.82) is 0 Å². The predicted octanol–water partition coefficient (Wildman–Crippen LogP) is 0.784. The van der Waals surface area contributed by atoms with Gasteiger partial charge in [-0.05, 0) is 12.8 Å². The van der Waals surface area contributed by atoms with E-state index in [1.807, 2.05) is 0 Å². The predicted molar refractivity (Wildman–Crippen MR) is 62.1 cm³/mol. The number of rotatable bonds is 4. The minimum absolute atomic E-state index is 0. The lowest BCUT2D eigenvalue weighted by atomic mass is 9.97. The van der Waals surface area contributed by atoms with Crippen LogP contribution in [0.2, 0.25) is 0 Å². The summed E-state index contributed by atoms with van der Waals surface area (Å²) in [6.45, 7) is 1.19. The summed E-state index contributed by atoms with van der Waals surface area (Å²) in [7, 11) is 3.42. The minimum atomic E-state index is -0.595. The third-order valence-electron chi connectivity index (χ3n) is 2.90. The number of amides is 1. The Morgan fingerprint density at radius 3 is 2.47 bits per heavy atom. The van der Waals surface area contributed by atoms with E-state index in [-0.39, 0.29) is 18.3 Å². The summed E-state index contributed by atoms with van der Waals surface area (Å²) >= 11 is 0. The topological polar surface area (TPSA) is 55.6 Å². The van der Waals surface area contributed by atoms with E-state index in [1.165, 1.54) is 0 Å². The van der Waals surface area contributed by atoms with Crippen molar-refractivity contribution in [2.45, 2.75) is 31.2 Å². The van der Waals surface area contributed by atoms with Crippen LogP contribution in [0.1, 0.15) is 25.7 Å². The number of hydrogen-bond donors (Lipinski definition) is 1. The van der Waals surface area contributed by atoms with Crippen LogP contribution in [0.3, 0.4) is 0 Å². The monoisotopic (exact) mass is 236 g/mol. The van der Waals surface area contributed by atoms with Crippen molar-refractivity contribution in [3.63, 3.8) is 0 Å². The molecule has 0 spiro atoms. The minimum Gasteiger partial charge on any atom is -0.383 e. The van der Waals surface area contributed by atoms with Gasteiger partial charge in [-0.25, -0.2) is 0 Å². The van der Waals surface area contributed by atoms with Crippen molar-refractivity contribution >= 4 is 18.3 Å². The molecule has 0 heterocycles. The molecule has 1 amide bonds. The molecule has 0 unspecified atom stereocenters. The highest BCUT2D eigenvalue weighted by Crippen LogP contribution is 2.28. The quantitative estimate of drug-likeness (QED) is 0.785. The number of carbonyl (C=O) groups excluding carboxylic acids is 1. The maximum Gasteiger partial charge on any atom is 0.242 e. The first-order valence-corrected chi connectivity index (χ1v) is 5.13. The fourth-order valence-electron chi connectivity index (χ4n) is 1.93. The highest BCUT2D eigenvalue weighted by atomic mass is 35.5. The second-order valence-corrected chi connectivity index (χ2v) is 4.08. The molecule has 15 heavy (non-hydrogen) atoms. The summed E-state index contributed by atoms with van der Waals surface area (Å²) in [5.74, 6) is 0.0621. The maximum atomic E-state index is 11.9. The fraction of sp³-hybridized carbons (Fsp3) is 0.900. The zero-order valence-electron chi connectivity index (χ0n) is 9.49. The average molecular weight is 237 g/mol. The Morgan fingerprint density at radius 1 is 1.47 bits per heavy atom. The smallest absolute Gasteiger partial charge is 0.242 e. The summed E-state index contributed by atoms with van der Waals surface area (Å²) in [6.07, 6.45) is 3.78. The van der Waals surface area contributed by atoms with Crippen LogP contribution >= 0.6 is 12.4 Å². The second-order valence-electron chi connectivity index (χ2n) is 4.08. The van der Waals surface area contributed by atoms with Gasteiger partial charge >= 0.3 is 0 Å². The Labute approximate surface area is 97.5 Å². The first kappa shape index (κ1) is 14.7. The van der Waals surface area contributed by atoms with Crippen molar-refractivity contribution in [1.82, 2.24) is 4.90 Å². The molecular formula is C10H21ClN2O2. The highest BCUT2D eigenvalue weighted by Gasteiger charge is 2.38. The van der Waals surface area contributed by atoms with Crippen LogP contribution in [0.4, 0.5) is 0 Å². The van der Waals surface area contributed by atoms with E-state index in [2.05, 4.69) is 0 Å². The summed E-state index contributed by atoms with van der Waals surface area (Å²) in [6, 6.07) is 0. The van der Waals surface area contributed by atoms with Crippen LogP contribution in [0.5, 0.6) is 0 Å². The average Bonchev–Trinajstić information content (AvgIpc) is 2.61. The third-order valence-corrected chi connectivity index (χ3v) is 2.90. The molecule has 1 aliphatic rings. The van der Waals surface area contributed by atoms with Crippen LogP contribution < -0.4 is 5.73 Å². The van der Waals surface area contributed by atoms with Crippen molar-refractivity contribution < 1.29 is 9.53 Å². The lowest BCUT2D eigenvalue weighted by Crippen LogP contribution is -2.52. The Morgan fingerprint density at radius 2 is 2.00 bits per heavy atom. The molecule has 0 saturated heterocycles. The fourth-order valence-corrected chi connectivity index (χ4v) is 1.93. The van der Waals surface area contributed by atoms with Crippen molar-refractivity contribution in [3.8, 4) is 0 Å². The Bertz CT molecular complexity index is 206. The number of nitrogens with zero attached hydrogens (tertiary/aromatic N) is 1. The van der Waals surface area contributed by atoms with Gasteiger partial charge in [0.25, 0.3) is 0 Å². The number of carbonyl (C=O) groups is 1. The molecular weight excluding hydrogens is 216 g/mol. The largest absolute Gasteiger partial charge is 0.383 e. The first-order valence-electron chi connectivity index (χ1n) is 5.13.